The largest absolute Gasteiger partial charge is 0.478 e. The number of nitrogens with one attached hydrogen (secondary N) is 2. The highest BCUT2D eigenvalue weighted by Gasteiger charge is 2.13. The smallest absolute Gasteiger partial charge is 0.337 e. The second-order valence-electron chi connectivity index (χ2n) is 4.05. The Hall–Kier alpha value is -2.41. The summed E-state index contributed by atoms with van der Waals surface area (Å²) in [6.07, 6.45) is 0. The minimum Gasteiger partial charge on any atom is -0.478 e. The van der Waals surface area contributed by atoms with Gasteiger partial charge in [0.25, 0.3) is 0 Å². The molecule has 0 heterocycles. The molecule has 0 aliphatic carbocycles. The number of carbonyl (C=O) groups is 2. The van der Waals surface area contributed by atoms with Crippen molar-refractivity contribution in [3.63, 3.8) is 0 Å². The molecule has 0 saturated carbocycles. The van der Waals surface area contributed by atoms with Crippen LogP contribution in [-0.2, 0) is 0 Å². The number of halogens is 2. The average molecular weight is 353 g/mol. The van der Waals surface area contributed by atoms with Crippen LogP contribution in [0.25, 0.3) is 0 Å². The number of urea groups is 1. The summed E-state index contributed by atoms with van der Waals surface area (Å²) in [5, 5.41) is 13.7. The standard InChI is InChI=1S/C14H10BrFN2O3/c15-8-5-6-10(16)12(7-8)18-14(21)17-11-4-2-1-3-9(11)13(19)20/h1-7H,(H,19,20)(H2,17,18,21). The third kappa shape index (κ3) is 3.79. The monoisotopic (exact) mass is 352 g/mol. The van der Waals surface area contributed by atoms with Gasteiger partial charge in [-0.15, -0.1) is 0 Å². The maximum absolute atomic E-state index is 13.5. The first-order chi connectivity index (χ1) is 9.97. The lowest BCUT2D eigenvalue weighted by Crippen LogP contribution is -2.21. The van der Waals surface area contributed by atoms with Crippen LogP contribution < -0.4 is 10.6 Å². The molecule has 2 amide bonds. The summed E-state index contributed by atoms with van der Waals surface area (Å²) in [5.74, 6) is -1.76. The second-order valence-corrected chi connectivity index (χ2v) is 4.97. The first-order valence-corrected chi connectivity index (χ1v) is 6.62. The lowest BCUT2D eigenvalue weighted by atomic mass is 10.2. The zero-order valence-corrected chi connectivity index (χ0v) is 12.1. The predicted octanol–water partition coefficient (Wildman–Crippen LogP) is 3.93. The summed E-state index contributed by atoms with van der Waals surface area (Å²) < 4.78 is 14.1. The predicted molar refractivity (Wildman–Crippen MR) is 80.1 cm³/mol. The van der Waals surface area contributed by atoms with Crippen molar-refractivity contribution >= 4 is 39.3 Å². The summed E-state index contributed by atoms with van der Waals surface area (Å²) in [5.41, 5.74) is 0.0509. The number of para-hydroxylation sites is 1. The molecule has 0 spiro atoms. The van der Waals surface area contributed by atoms with Gasteiger partial charge >= 0.3 is 12.0 Å². The molecule has 0 unspecified atom stereocenters. The van der Waals surface area contributed by atoms with E-state index in [0.29, 0.717) is 4.47 Å². The summed E-state index contributed by atoms with van der Waals surface area (Å²) in [6, 6.07) is 9.29. The molecule has 0 saturated heterocycles. The van der Waals surface area contributed by atoms with E-state index in [-0.39, 0.29) is 16.9 Å². The van der Waals surface area contributed by atoms with Crippen LogP contribution in [0.5, 0.6) is 0 Å². The quantitative estimate of drug-likeness (QED) is 0.782. The normalized spacial score (nSPS) is 10.0. The van der Waals surface area contributed by atoms with Crippen molar-refractivity contribution in [2.45, 2.75) is 0 Å². The molecule has 2 rings (SSSR count). The molecular formula is C14H10BrFN2O3. The number of hydrogen-bond acceptors (Lipinski definition) is 2. The molecule has 2 aromatic rings. The molecule has 0 radical (unpaired) electrons. The Bertz CT molecular complexity index is 706. The van der Waals surface area contributed by atoms with Crippen molar-refractivity contribution in [3.05, 3.63) is 58.3 Å². The highest BCUT2D eigenvalue weighted by atomic mass is 79.9. The fraction of sp³-hybridized carbons (Fsp3) is 0. The Morgan fingerprint density at radius 1 is 1.05 bits per heavy atom. The third-order valence-corrected chi connectivity index (χ3v) is 3.08. The fourth-order valence-electron chi connectivity index (χ4n) is 1.65. The minimum atomic E-state index is -1.17. The molecule has 0 aromatic heterocycles. The molecule has 0 bridgehead atoms. The number of carboxylic acids is 1. The number of carboxylic acid groups (broad SMARTS) is 1. The summed E-state index contributed by atoms with van der Waals surface area (Å²) in [6.45, 7) is 0. The van der Waals surface area contributed by atoms with Crippen molar-refractivity contribution in [2.24, 2.45) is 0 Å². The van der Waals surface area contributed by atoms with E-state index in [1.807, 2.05) is 0 Å². The van der Waals surface area contributed by atoms with Gasteiger partial charge in [-0.3, -0.25) is 0 Å². The SMILES string of the molecule is O=C(Nc1cc(Br)ccc1F)Nc1ccccc1C(=O)O. The number of carbonyl (C=O) groups excluding carboxylic acids is 1. The van der Waals surface area contributed by atoms with Crippen molar-refractivity contribution < 1.29 is 19.1 Å². The maximum atomic E-state index is 13.5. The van der Waals surface area contributed by atoms with Crippen LogP contribution in [-0.4, -0.2) is 17.1 Å². The van der Waals surface area contributed by atoms with Crippen LogP contribution >= 0.6 is 15.9 Å². The Labute approximate surface area is 127 Å². The molecule has 0 fully saturated rings. The van der Waals surface area contributed by atoms with E-state index >= 15 is 0 Å². The Balaban J connectivity index is 2.16. The molecule has 108 valence electrons. The van der Waals surface area contributed by atoms with E-state index in [0.717, 1.165) is 0 Å². The van der Waals surface area contributed by atoms with Gasteiger partial charge < -0.3 is 15.7 Å². The number of hydrogen-bond donors (Lipinski definition) is 3. The second kappa shape index (κ2) is 6.36. The van der Waals surface area contributed by atoms with Gasteiger partial charge in [-0.2, -0.15) is 0 Å². The lowest BCUT2D eigenvalue weighted by molar-refractivity contribution is 0.0698. The molecule has 2 aromatic carbocycles. The van der Waals surface area contributed by atoms with Gasteiger partial charge in [0.1, 0.15) is 5.82 Å². The van der Waals surface area contributed by atoms with Crippen LogP contribution in [0.15, 0.2) is 46.9 Å². The number of aromatic carboxylic acids is 1. The molecule has 5 nitrogen and oxygen atoms in total. The highest BCUT2D eigenvalue weighted by Crippen LogP contribution is 2.21. The van der Waals surface area contributed by atoms with Gasteiger partial charge in [0.05, 0.1) is 16.9 Å². The molecule has 0 aliphatic rings. The van der Waals surface area contributed by atoms with Crippen LogP contribution in [0.4, 0.5) is 20.6 Å². The number of rotatable bonds is 3. The Kier molecular flexibility index (Phi) is 4.54. The minimum absolute atomic E-state index is 0.0188. The van der Waals surface area contributed by atoms with Gasteiger partial charge in [-0.25, -0.2) is 14.0 Å². The molecule has 0 atom stereocenters. The molecule has 21 heavy (non-hydrogen) atoms. The maximum Gasteiger partial charge on any atom is 0.337 e. The van der Waals surface area contributed by atoms with Gasteiger partial charge in [0.2, 0.25) is 0 Å². The number of amides is 2. The molecule has 0 aliphatic heterocycles. The molecule has 3 N–H and O–H groups in total. The van der Waals surface area contributed by atoms with E-state index in [1.54, 1.807) is 12.1 Å². The van der Waals surface area contributed by atoms with E-state index in [2.05, 4.69) is 26.6 Å². The topological polar surface area (TPSA) is 78.4 Å². The first-order valence-electron chi connectivity index (χ1n) is 5.83. The van der Waals surface area contributed by atoms with Crippen molar-refractivity contribution in [1.82, 2.24) is 0 Å². The van der Waals surface area contributed by atoms with E-state index in [9.17, 15) is 14.0 Å². The molecular weight excluding hydrogens is 343 g/mol. The zero-order valence-electron chi connectivity index (χ0n) is 10.6. The van der Waals surface area contributed by atoms with Crippen molar-refractivity contribution in [2.75, 3.05) is 10.6 Å². The molecule has 7 heteroatoms. The fourth-order valence-corrected chi connectivity index (χ4v) is 2.01. The van der Waals surface area contributed by atoms with Crippen molar-refractivity contribution in [1.29, 1.82) is 0 Å². The Morgan fingerprint density at radius 3 is 2.43 bits per heavy atom. The highest BCUT2D eigenvalue weighted by molar-refractivity contribution is 9.10. The van der Waals surface area contributed by atoms with Crippen LogP contribution in [0.1, 0.15) is 10.4 Å². The number of benzene rings is 2. The van der Waals surface area contributed by atoms with Gasteiger partial charge in [-0.05, 0) is 30.3 Å². The van der Waals surface area contributed by atoms with Gasteiger partial charge in [-0.1, -0.05) is 28.1 Å². The summed E-state index contributed by atoms with van der Waals surface area (Å²) in [4.78, 5) is 22.8. The average Bonchev–Trinajstić information content (AvgIpc) is 2.43. The van der Waals surface area contributed by atoms with E-state index in [4.69, 9.17) is 5.11 Å². The van der Waals surface area contributed by atoms with Crippen molar-refractivity contribution in [3.8, 4) is 0 Å². The zero-order chi connectivity index (χ0) is 15.4. The van der Waals surface area contributed by atoms with Crippen LogP contribution in [0.2, 0.25) is 0 Å². The van der Waals surface area contributed by atoms with Gasteiger partial charge in [0, 0.05) is 4.47 Å². The Morgan fingerprint density at radius 2 is 1.71 bits per heavy atom. The lowest BCUT2D eigenvalue weighted by Gasteiger charge is -2.10. The van der Waals surface area contributed by atoms with Gasteiger partial charge in [0.15, 0.2) is 0 Å². The van der Waals surface area contributed by atoms with Crippen LogP contribution in [0, 0.1) is 5.82 Å². The first kappa shape index (κ1) is 15.0. The summed E-state index contributed by atoms with van der Waals surface area (Å²) >= 11 is 3.17. The third-order valence-electron chi connectivity index (χ3n) is 2.58. The van der Waals surface area contributed by atoms with E-state index in [1.165, 1.54) is 30.3 Å². The van der Waals surface area contributed by atoms with Crippen LogP contribution in [0.3, 0.4) is 0 Å². The van der Waals surface area contributed by atoms with E-state index < -0.39 is 17.8 Å². The summed E-state index contributed by atoms with van der Waals surface area (Å²) in [7, 11) is 0. The number of anilines is 2.